The van der Waals surface area contributed by atoms with E-state index < -0.39 is 14.0 Å². The molecule has 0 atom stereocenters. The van der Waals surface area contributed by atoms with Crippen LogP contribution in [0.25, 0.3) is 10.9 Å². The van der Waals surface area contributed by atoms with E-state index in [0.29, 0.717) is 29.1 Å². The smallest absolute Gasteiger partial charge is 0.303 e. The van der Waals surface area contributed by atoms with E-state index >= 15 is 0 Å². The zero-order valence-electron chi connectivity index (χ0n) is 16.0. The second-order valence-electron chi connectivity index (χ2n) is 7.27. The van der Waals surface area contributed by atoms with Gasteiger partial charge in [0.25, 0.3) is 5.56 Å². The van der Waals surface area contributed by atoms with Gasteiger partial charge in [-0.05, 0) is 24.2 Å². The first kappa shape index (κ1) is 20.1. The summed E-state index contributed by atoms with van der Waals surface area (Å²) >= 11 is 0. The van der Waals surface area contributed by atoms with Gasteiger partial charge in [0.05, 0.1) is 18.0 Å². The standard InChI is InChI=1S/C18H26N2O5Si/c1-13(21)25-11-17-19-16-7-6-14(23-2)10-15(16)18(22)20(17)12-24-8-9-26(3,4)5/h6-7,10H,8-9,11-12H2,1-5H3. The molecule has 0 aliphatic carbocycles. The van der Waals surface area contributed by atoms with Gasteiger partial charge in [-0.3, -0.25) is 14.2 Å². The zero-order chi connectivity index (χ0) is 19.3. The molecule has 0 amide bonds. The molecule has 0 N–H and O–H groups in total. The van der Waals surface area contributed by atoms with Crippen LogP contribution in [0.3, 0.4) is 0 Å². The minimum Gasteiger partial charge on any atom is -0.497 e. The van der Waals surface area contributed by atoms with Crippen LogP contribution in [0.2, 0.25) is 25.7 Å². The van der Waals surface area contributed by atoms with Crippen LogP contribution in [-0.2, 0) is 27.6 Å². The average Bonchev–Trinajstić information content (AvgIpc) is 2.57. The molecule has 0 aliphatic heterocycles. The summed E-state index contributed by atoms with van der Waals surface area (Å²) in [6.45, 7) is 8.67. The molecule has 0 fully saturated rings. The maximum Gasteiger partial charge on any atom is 0.303 e. The van der Waals surface area contributed by atoms with E-state index in [-0.39, 0.29) is 18.9 Å². The Labute approximate surface area is 153 Å². The predicted molar refractivity (Wildman–Crippen MR) is 102 cm³/mol. The van der Waals surface area contributed by atoms with Crippen LogP contribution in [0, 0.1) is 0 Å². The van der Waals surface area contributed by atoms with Gasteiger partial charge in [-0.25, -0.2) is 4.98 Å². The number of esters is 1. The molecule has 0 saturated heterocycles. The minimum atomic E-state index is -1.22. The van der Waals surface area contributed by atoms with Gasteiger partial charge in [0.1, 0.15) is 19.1 Å². The molecule has 1 heterocycles. The van der Waals surface area contributed by atoms with Crippen molar-refractivity contribution in [2.24, 2.45) is 0 Å². The number of hydrogen-bond acceptors (Lipinski definition) is 6. The predicted octanol–water partition coefficient (Wildman–Crippen LogP) is 2.78. The van der Waals surface area contributed by atoms with Crippen LogP contribution >= 0.6 is 0 Å². The summed E-state index contributed by atoms with van der Waals surface area (Å²) in [6.07, 6.45) is 0. The minimum absolute atomic E-state index is 0.0695. The van der Waals surface area contributed by atoms with E-state index in [1.165, 1.54) is 11.5 Å². The number of methoxy groups -OCH3 is 1. The van der Waals surface area contributed by atoms with Gasteiger partial charge in [0.2, 0.25) is 0 Å². The number of aromatic nitrogens is 2. The Hall–Kier alpha value is -2.19. The molecular weight excluding hydrogens is 352 g/mol. The third-order valence-electron chi connectivity index (χ3n) is 3.86. The van der Waals surface area contributed by atoms with Crippen molar-refractivity contribution in [2.45, 2.75) is 45.9 Å². The summed E-state index contributed by atoms with van der Waals surface area (Å²) < 4.78 is 17.4. The second-order valence-corrected chi connectivity index (χ2v) is 12.9. The molecular formula is C18H26N2O5Si. The highest BCUT2D eigenvalue weighted by atomic mass is 28.3. The fraction of sp³-hybridized carbons (Fsp3) is 0.500. The van der Waals surface area contributed by atoms with E-state index in [9.17, 15) is 9.59 Å². The number of hydrogen-bond donors (Lipinski definition) is 0. The summed E-state index contributed by atoms with van der Waals surface area (Å²) in [4.78, 5) is 28.5. The zero-order valence-corrected chi connectivity index (χ0v) is 17.0. The van der Waals surface area contributed by atoms with E-state index in [0.717, 1.165) is 6.04 Å². The third kappa shape index (κ3) is 5.40. The first-order valence-corrected chi connectivity index (χ1v) is 12.2. The Balaban J connectivity index is 2.35. The molecule has 7 nitrogen and oxygen atoms in total. The third-order valence-corrected chi connectivity index (χ3v) is 5.57. The van der Waals surface area contributed by atoms with Crippen molar-refractivity contribution in [1.29, 1.82) is 0 Å². The second kappa shape index (κ2) is 8.46. The van der Waals surface area contributed by atoms with Gasteiger partial charge in [-0.2, -0.15) is 0 Å². The Morgan fingerprint density at radius 3 is 2.62 bits per heavy atom. The van der Waals surface area contributed by atoms with Crippen LogP contribution in [-0.4, -0.2) is 37.3 Å². The quantitative estimate of drug-likeness (QED) is 0.399. The lowest BCUT2D eigenvalue weighted by molar-refractivity contribution is -0.142. The molecule has 0 saturated carbocycles. The summed E-state index contributed by atoms with van der Waals surface area (Å²) in [5.74, 6) is 0.506. The average molecular weight is 379 g/mol. The molecule has 0 bridgehead atoms. The van der Waals surface area contributed by atoms with Crippen molar-refractivity contribution in [3.8, 4) is 5.75 Å². The topological polar surface area (TPSA) is 79.7 Å². The van der Waals surface area contributed by atoms with Crippen LogP contribution in [0.4, 0.5) is 0 Å². The van der Waals surface area contributed by atoms with Crippen molar-refractivity contribution in [2.75, 3.05) is 13.7 Å². The molecule has 2 aromatic rings. The number of carbonyl (C=O) groups is 1. The molecule has 0 aliphatic rings. The first-order chi connectivity index (χ1) is 12.2. The Morgan fingerprint density at radius 2 is 2.00 bits per heavy atom. The number of ether oxygens (including phenoxy) is 3. The lowest BCUT2D eigenvalue weighted by atomic mass is 10.2. The normalized spacial score (nSPS) is 11.6. The lowest BCUT2D eigenvalue weighted by Gasteiger charge is -2.17. The lowest BCUT2D eigenvalue weighted by Crippen LogP contribution is -2.28. The summed E-state index contributed by atoms with van der Waals surface area (Å²) in [5, 5.41) is 0.435. The number of rotatable bonds is 8. The van der Waals surface area contributed by atoms with E-state index in [1.54, 1.807) is 25.3 Å². The summed E-state index contributed by atoms with van der Waals surface area (Å²) in [7, 11) is 0.321. The van der Waals surface area contributed by atoms with Crippen LogP contribution in [0.15, 0.2) is 23.0 Å². The SMILES string of the molecule is COc1ccc2nc(COC(C)=O)n(COCC[Si](C)(C)C)c(=O)c2c1. The number of fused-ring (bicyclic) bond motifs is 1. The van der Waals surface area contributed by atoms with E-state index in [1.807, 2.05) is 0 Å². The molecule has 2 rings (SSSR count). The molecule has 1 aromatic heterocycles. The largest absolute Gasteiger partial charge is 0.497 e. The molecule has 8 heteroatoms. The molecule has 0 spiro atoms. The first-order valence-electron chi connectivity index (χ1n) is 8.50. The van der Waals surface area contributed by atoms with Gasteiger partial charge in [-0.1, -0.05) is 19.6 Å². The van der Waals surface area contributed by atoms with Gasteiger partial charge in [-0.15, -0.1) is 0 Å². The number of nitrogens with zero attached hydrogens (tertiary/aromatic N) is 2. The van der Waals surface area contributed by atoms with Crippen LogP contribution in [0.1, 0.15) is 12.7 Å². The Kier molecular flexibility index (Phi) is 6.55. The summed E-state index contributed by atoms with van der Waals surface area (Å²) in [6, 6.07) is 6.09. The van der Waals surface area contributed by atoms with Crippen LogP contribution < -0.4 is 10.3 Å². The maximum absolute atomic E-state index is 12.9. The van der Waals surface area contributed by atoms with Gasteiger partial charge in [0, 0.05) is 21.6 Å². The van der Waals surface area contributed by atoms with Crippen molar-refractivity contribution in [3.05, 3.63) is 34.4 Å². The molecule has 1 aromatic carbocycles. The van der Waals surface area contributed by atoms with Crippen LogP contribution in [0.5, 0.6) is 5.75 Å². The van der Waals surface area contributed by atoms with Crippen molar-refractivity contribution in [3.63, 3.8) is 0 Å². The highest BCUT2D eigenvalue weighted by Crippen LogP contribution is 2.17. The highest BCUT2D eigenvalue weighted by Gasteiger charge is 2.15. The van der Waals surface area contributed by atoms with E-state index in [2.05, 4.69) is 24.6 Å². The maximum atomic E-state index is 12.9. The van der Waals surface area contributed by atoms with Crippen molar-refractivity contribution in [1.82, 2.24) is 9.55 Å². The highest BCUT2D eigenvalue weighted by molar-refractivity contribution is 6.76. The molecule has 0 unspecified atom stereocenters. The molecule has 0 radical (unpaired) electrons. The molecule has 26 heavy (non-hydrogen) atoms. The van der Waals surface area contributed by atoms with Gasteiger partial charge in [0.15, 0.2) is 5.82 Å². The Morgan fingerprint density at radius 1 is 1.27 bits per heavy atom. The monoisotopic (exact) mass is 378 g/mol. The van der Waals surface area contributed by atoms with Crippen molar-refractivity contribution < 1.29 is 19.0 Å². The fourth-order valence-electron chi connectivity index (χ4n) is 2.32. The fourth-order valence-corrected chi connectivity index (χ4v) is 3.07. The van der Waals surface area contributed by atoms with Gasteiger partial charge < -0.3 is 14.2 Å². The summed E-state index contributed by atoms with van der Waals surface area (Å²) in [5.41, 5.74) is 0.278. The number of carbonyl (C=O) groups excluding carboxylic acids is 1. The molecule has 142 valence electrons. The van der Waals surface area contributed by atoms with Gasteiger partial charge >= 0.3 is 5.97 Å². The van der Waals surface area contributed by atoms with Crippen molar-refractivity contribution >= 4 is 24.9 Å². The Bertz CT molecular complexity index is 842. The number of benzene rings is 1. The van der Waals surface area contributed by atoms with E-state index in [4.69, 9.17) is 14.2 Å².